The minimum absolute atomic E-state index is 0.257. The number of carboxylic acid groups (broad SMARTS) is 1. The van der Waals surface area contributed by atoms with E-state index in [1.807, 2.05) is 6.92 Å². The number of nitrogens with one attached hydrogen (secondary N) is 2. The van der Waals surface area contributed by atoms with Crippen LogP contribution in [0.4, 0.5) is 0 Å². The Bertz CT molecular complexity index is 736. The summed E-state index contributed by atoms with van der Waals surface area (Å²) in [6.45, 7) is 1.84. The summed E-state index contributed by atoms with van der Waals surface area (Å²) in [5, 5.41) is 12.3. The molecule has 110 valence electrons. The van der Waals surface area contributed by atoms with Crippen molar-refractivity contribution in [3.63, 3.8) is 0 Å². The van der Waals surface area contributed by atoms with Gasteiger partial charge in [0.2, 0.25) is 5.56 Å². The SMILES string of the molecule is CCCC(NC(=O)c1cccc2ccc(=O)[nH]c12)C(=O)O. The van der Waals surface area contributed by atoms with Gasteiger partial charge in [0.25, 0.3) is 5.91 Å². The van der Waals surface area contributed by atoms with E-state index in [2.05, 4.69) is 10.3 Å². The first-order chi connectivity index (χ1) is 10.0. The van der Waals surface area contributed by atoms with E-state index < -0.39 is 17.9 Å². The van der Waals surface area contributed by atoms with Crippen molar-refractivity contribution in [2.45, 2.75) is 25.8 Å². The summed E-state index contributed by atoms with van der Waals surface area (Å²) in [4.78, 5) is 37.4. The lowest BCUT2D eigenvalue weighted by Crippen LogP contribution is -2.40. The largest absolute Gasteiger partial charge is 0.480 e. The summed E-state index contributed by atoms with van der Waals surface area (Å²) in [5.74, 6) is -1.58. The molecule has 0 saturated carbocycles. The number of fused-ring (bicyclic) bond motifs is 1. The number of pyridine rings is 1. The van der Waals surface area contributed by atoms with Gasteiger partial charge in [0.1, 0.15) is 6.04 Å². The summed E-state index contributed by atoms with van der Waals surface area (Å²) >= 11 is 0. The average Bonchev–Trinajstić information content (AvgIpc) is 2.45. The first-order valence-corrected chi connectivity index (χ1v) is 6.68. The van der Waals surface area contributed by atoms with Gasteiger partial charge in [-0.1, -0.05) is 25.5 Å². The monoisotopic (exact) mass is 288 g/mol. The Balaban J connectivity index is 2.37. The number of amides is 1. The number of aliphatic carboxylic acids is 1. The normalized spacial score (nSPS) is 12.0. The third kappa shape index (κ3) is 3.28. The number of aromatic nitrogens is 1. The molecule has 0 spiro atoms. The summed E-state index contributed by atoms with van der Waals surface area (Å²) in [5.41, 5.74) is 0.349. The number of aromatic amines is 1. The molecule has 0 radical (unpaired) electrons. The number of carboxylic acids is 1. The third-order valence-corrected chi connectivity index (χ3v) is 3.18. The van der Waals surface area contributed by atoms with Crippen molar-refractivity contribution in [3.05, 3.63) is 46.2 Å². The molecule has 1 aromatic heterocycles. The van der Waals surface area contributed by atoms with Crippen molar-refractivity contribution in [2.24, 2.45) is 0 Å². The van der Waals surface area contributed by atoms with Crippen LogP contribution in [0, 0.1) is 0 Å². The molecule has 6 nitrogen and oxygen atoms in total. The van der Waals surface area contributed by atoms with Gasteiger partial charge in [-0.05, 0) is 23.9 Å². The van der Waals surface area contributed by atoms with Gasteiger partial charge in [-0.3, -0.25) is 9.59 Å². The lowest BCUT2D eigenvalue weighted by molar-refractivity contribution is -0.139. The van der Waals surface area contributed by atoms with Gasteiger partial charge in [0.05, 0.1) is 11.1 Å². The van der Waals surface area contributed by atoms with Crippen LogP contribution in [0.1, 0.15) is 30.1 Å². The molecule has 0 fully saturated rings. The summed E-state index contributed by atoms with van der Waals surface area (Å²) < 4.78 is 0. The smallest absolute Gasteiger partial charge is 0.326 e. The Morgan fingerprint density at radius 2 is 2.05 bits per heavy atom. The summed E-state index contributed by atoms with van der Waals surface area (Å²) in [6.07, 6.45) is 0.992. The first kappa shape index (κ1) is 14.8. The van der Waals surface area contributed by atoms with Gasteiger partial charge in [0.15, 0.2) is 0 Å². The van der Waals surface area contributed by atoms with E-state index in [1.165, 1.54) is 6.07 Å². The second-order valence-corrected chi connectivity index (χ2v) is 4.75. The first-order valence-electron chi connectivity index (χ1n) is 6.68. The number of hydrogen-bond donors (Lipinski definition) is 3. The molecule has 0 bridgehead atoms. The maximum Gasteiger partial charge on any atom is 0.326 e. The topological polar surface area (TPSA) is 99.3 Å². The predicted molar refractivity (Wildman–Crippen MR) is 78.4 cm³/mol. The molecule has 6 heteroatoms. The Hall–Kier alpha value is -2.63. The van der Waals surface area contributed by atoms with E-state index >= 15 is 0 Å². The number of hydrogen-bond acceptors (Lipinski definition) is 3. The van der Waals surface area contributed by atoms with Gasteiger partial charge in [0, 0.05) is 6.07 Å². The number of H-pyrrole nitrogens is 1. The fraction of sp³-hybridized carbons (Fsp3) is 0.267. The van der Waals surface area contributed by atoms with Crippen LogP contribution < -0.4 is 10.9 Å². The number of rotatable bonds is 5. The number of carbonyl (C=O) groups excluding carboxylic acids is 1. The minimum atomic E-state index is -1.07. The average molecular weight is 288 g/mol. The number of carbonyl (C=O) groups is 2. The highest BCUT2D eigenvalue weighted by Crippen LogP contribution is 2.15. The summed E-state index contributed by atoms with van der Waals surface area (Å²) in [7, 11) is 0. The molecule has 0 aliphatic rings. The zero-order valence-corrected chi connectivity index (χ0v) is 11.6. The second kappa shape index (κ2) is 6.21. The van der Waals surface area contributed by atoms with E-state index in [4.69, 9.17) is 5.11 Å². The number of para-hydroxylation sites is 1. The van der Waals surface area contributed by atoms with Crippen LogP contribution >= 0.6 is 0 Å². The van der Waals surface area contributed by atoms with E-state index in [-0.39, 0.29) is 11.1 Å². The van der Waals surface area contributed by atoms with Gasteiger partial charge >= 0.3 is 5.97 Å². The minimum Gasteiger partial charge on any atom is -0.480 e. The van der Waals surface area contributed by atoms with Crippen molar-refractivity contribution in [2.75, 3.05) is 0 Å². The lowest BCUT2D eigenvalue weighted by atomic mass is 10.1. The molecule has 1 unspecified atom stereocenters. The van der Waals surface area contributed by atoms with Gasteiger partial charge in [-0.25, -0.2) is 4.79 Å². The van der Waals surface area contributed by atoms with Crippen LogP contribution in [0.25, 0.3) is 10.9 Å². The van der Waals surface area contributed by atoms with Crippen molar-refractivity contribution >= 4 is 22.8 Å². The van der Waals surface area contributed by atoms with Crippen molar-refractivity contribution in [3.8, 4) is 0 Å². The molecule has 1 heterocycles. The van der Waals surface area contributed by atoms with Crippen molar-refractivity contribution in [1.29, 1.82) is 0 Å². The Labute approximate surface area is 120 Å². The van der Waals surface area contributed by atoms with E-state index in [9.17, 15) is 14.4 Å². The highest BCUT2D eigenvalue weighted by molar-refractivity contribution is 6.06. The Kier molecular flexibility index (Phi) is 4.37. The van der Waals surface area contributed by atoms with E-state index in [1.54, 1.807) is 24.3 Å². The molecular weight excluding hydrogens is 272 g/mol. The molecule has 0 aliphatic heterocycles. The molecule has 0 saturated heterocycles. The van der Waals surface area contributed by atoms with Crippen molar-refractivity contribution < 1.29 is 14.7 Å². The van der Waals surface area contributed by atoms with Crippen LogP contribution in [0.5, 0.6) is 0 Å². The van der Waals surface area contributed by atoms with Crippen LogP contribution in [0.3, 0.4) is 0 Å². The van der Waals surface area contributed by atoms with Gasteiger partial charge in [-0.2, -0.15) is 0 Å². The molecule has 1 aromatic carbocycles. The van der Waals surface area contributed by atoms with Crippen LogP contribution in [0.15, 0.2) is 35.1 Å². The van der Waals surface area contributed by atoms with Gasteiger partial charge in [-0.15, -0.1) is 0 Å². The molecule has 0 aliphatic carbocycles. The third-order valence-electron chi connectivity index (χ3n) is 3.18. The standard InChI is InChI=1S/C15H16N2O4/c1-2-4-11(15(20)21)16-14(19)10-6-3-5-9-7-8-12(18)17-13(9)10/h3,5-8,11H,2,4H2,1H3,(H,16,19)(H,17,18)(H,20,21). The number of benzene rings is 1. The van der Waals surface area contributed by atoms with Gasteiger partial charge < -0.3 is 15.4 Å². The molecule has 2 rings (SSSR count). The predicted octanol–water partition coefficient (Wildman–Crippen LogP) is 1.51. The molecule has 3 N–H and O–H groups in total. The zero-order valence-electron chi connectivity index (χ0n) is 11.6. The summed E-state index contributed by atoms with van der Waals surface area (Å²) in [6, 6.07) is 7.06. The van der Waals surface area contributed by atoms with Crippen LogP contribution in [-0.2, 0) is 4.79 Å². The molecule has 1 atom stereocenters. The maximum absolute atomic E-state index is 12.3. The Morgan fingerprint density at radius 3 is 2.71 bits per heavy atom. The van der Waals surface area contributed by atoms with E-state index in [0.29, 0.717) is 23.7 Å². The highest BCUT2D eigenvalue weighted by Gasteiger charge is 2.20. The quantitative estimate of drug-likeness (QED) is 0.776. The van der Waals surface area contributed by atoms with E-state index in [0.717, 1.165) is 0 Å². The molecule has 2 aromatic rings. The van der Waals surface area contributed by atoms with Crippen LogP contribution in [0.2, 0.25) is 0 Å². The molecule has 1 amide bonds. The zero-order chi connectivity index (χ0) is 15.4. The fourth-order valence-electron chi connectivity index (χ4n) is 2.15. The highest BCUT2D eigenvalue weighted by atomic mass is 16.4. The fourth-order valence-corrected chi connectivity index (χ4v) is 2.15. The van der Waals surface area contributed by atoms with Crippen LogP contribution in [-0.4, -0.2) is 28.0 Å². The maximum atomic E-state index is 12.3. The van der Waals surface area contributed by atoms with Crippen molar-refractivity contribution in [1.82, 2.24) is 10.3 Å². The Morgan fingerprint density at radius 1 is 1.29 bits per heavy atom. The lowest BCUT2D eigenvalue weighted by Gasteiger charge is -2.14. The second-order valence-electron chi connectivity index (χ2n) is 4.75. The molecular formula is C15H16N2O4. The molecule has 21 heavy (non-hydrogen) atoms.